The van der Waals surface area contributed by atoms with Crippen LogP contribution >= 0.6 is 31.9 Å². The molecule has 1 saturated heterocycles. The van der Waals surface area contributed by atoms with E-state index >= 15 is 0 Å². The van der Waals surface area contributed by atoms with Gasteiger partial charge in [-0.05, 0) is 40.5 Å². The minimum Gasteiger partial charge on any atom is -0.369 e. The zero-order valence-electron chi connectivity index (χ0n) is 11.5. The first-order valence-electron chi connectivity index (χ1n) is 6.72. The molecule has 2 rings (SSSR count). The van der Waals surface area contributed by atoms with Gasteiger partial charge in [-0.15, -0.1) is 0 Å². The highest BCUT2D eigenvalue weighted by Crippen LogP contribution is 2.23. The number of carbonyl (C=O) groups excluding carboxylic acids is 2. The lowest BCUT2D eigenvalue weighted by Crippen LogP contribution is -2.38. The van der Waals surface area contributed by atoms with Gasteiger partial charge in [0, 0.05) is 35.1 Å². The number of amides is 2. The second kappa shape index (κ2) is 7.38. The molecule has 0 spiro atoms. The molecule has 1 aliphatic heterocycles. The summed E-state index contributed by atoms with van der Waals surface area (Å²) < 4.78 is 1.66. The third kappa shape index (κ3) is 4.52. The Labute approximate surface area is 140 Å². The lowest BCUT2D eigenvalue weighted by molar-refractivity contribution is -0.119. The lowest BCUT2D eigenvalue weighted by Gasteiger charge is -2.22. The third-order valence-corrected chi connectivity index (χ3v) is 4.60. The van der Waals surface area contributed by atoms with Crippen LogP contribution in [0.5, 0.6) is 0 Å². The summed E-state index contributed by atoms with van der Waals surface area (Å²) in [5.41, 5.74) is 5.87. The highest BCUT2D eigenvalue weighted by Gasteiger charge is 2.22. The second-order valence-corrected chi connectivity index (χ2v) is 6.78. The maximum Gasteiger partial charge on any atom is 0.255 e. The summed E-state index contributed by atoms with van der Waals surface area (Å²) in [6, 6.07) is 5.56. The van der Waals surface area contributed by atoms with Crippen molar-refractivity contribution in [1.29, 1.82) is 0 Å². The van der Waals surface area contributed by atoms with Gasteiger partial charge in [-0.2, -0.15) is 0 Å². The maximum atomic E-state index is 12.6. The van der Waals surface area contributed by atoms with Crippen molar-refractivity contribution in [2.45, 2.75) is 6.42 Å². The Morgan fingerprint density at radius 3 is 2.62 bits per heavy atom. The Balaban J connectivity index is 2.06. The second-order valence-electron chi connectivity index (χ2n) is 5.01. The predicted octanol–water partition coefficient (Wildman–Crippen LogP) is 1.84. The molecular formula is C14H17Br2N3O2. The van der Waals surface area contributed by atoms with E-state index in [0.717, 1.165) is 21.9 Å². The number of rotatable bonds is 3. The van der Waals surface area contributed by atoms with E-state index in [1.165, 1.54) is 0 Å². The molecule has 114 valence electrons. The van der Waals surface area contributed by atoms with E-state index in [2.05, 4.69) is 31.9 Å². The van der Waals surface area contributed by atoms with Crippen LogP contribution in [-0.4, -0.2) is 54.3 Å². The molecule has 1 aromatic rings. The first-order chi connectivity index (χ1) is 9.97. The molecule has 2 amide bonds. The topological polar surface area (TPSA) is 66.6 Å². The van der Waals surface area contributed by atoms with E-state index in [1.54, 1.807) is 0 Å². The zero-order valence-corrected chi connectivity index (χ0v) is 14.7. The van der Waals surface area contributed by atoms with Gasteiger partial charge in [-0.25, -0.2) is 0 Å². The van der Waals surface area contributed by atoms with Crippen molar-refractivity contribution in [1.82, 2.24) is 9.80 Å². The van der Waals surface area contributed by atoms with Gasteiger partial charge in [0.05, 0.1) is 12.1 Å². The number of nitrogens with zero attached hydrogens (tertiary/aromatic N) is 2. The molecule has 0 bridgehead atoms. The molecule has 1 aromatic carbocycles. The first-order valence-corrected chi connectivity index (χ1v) is 8.31. The van der Waals surface area contributed by atoms with Gasteiger partial charge in [-0.3, -0.25) is 14.5 Å². The Morgan fingerprint density at radius 1 is 1.14 bits per heavy atom. The molecular weight excluding hydrogens is 402 g/mol. The fraction of sp³-hybridized carbons (Fsp3) is 0.429. The van der Waals surface area contributed by atoms with E-state index in [9.17, 15) is 9.59 Å². The molecule has 5 nitrogen and oxygen atoms in total. The molecule has 0 atom stereocenters. The molecule has 0 unspecified atom stereocenters. The number of hydrogen-bond donors (Lipinski definition) is 1. The first kappa shape index (κ1) is 16.5. The largest absolute Gasteiger partial charge is 0.369 e. The molecule has 0 aliphatic carbocycles. The van der Waals surface area contributed by atoms with E-state index in [0.29, 0.717) is 25.2 Å². The van der Waals surface area contributed by atoms with Gasteiger partial charge in [0.25, 0.3) is 5.91 Å². The van der Waals surface area contributed by atoms with E-state index < -0.39 is 0 Å². The van der Waals surface area contributed by atoms with Crippen molar-refractivity contribution < 1.29 is 9.59 Å². The average molecular weight is 419 g/mol. The molecule has 1 heterocycles. The van der Waals surface area contributed by atoms with Crippen LogP contribution in [0.15, 0.2) is 27.1 Å². The molecule has 0 aromatic heterocycles. The number of carbonyl (C=O) groups is 2. The summed E-state index contributed by atoms with van der Waals surface area (Å²) in [4.78, 5) is 27.4. The van der Waals surface area contributed by atoms with Crippen LogP contribution in [0.4, 0.5) is 0 Å². The van der Waals surface area contributed by atoms with Gasteiger partial charge in [-0.1, -0.05) is 15.9 Å². The predicted molar refractivity (Wildman–Crippen MR) is 88.0 cm³/mol. The number of halogens is 2. The van der Waals surface area contributed by atoms with Crippen LogP contribution in [0.2, 0.25) is 0 Å². The van der Waals surface area contributed by atoms with Gasteiger partial charge in [0.15, 0.2) is 0 Å². The summed E-state index contributed by atoms with van der Waals surface area (Å²) in [5, 5.41) is 0. The van der Waals surface area contributed by atoms with Crippen molar-refractivity contribution in [3.63, 3.8) is 0 Å². The maximum absolute atomic E-state index is 12.6. The fourth-order valence-corrected chi connectivity index (χ4v) is 3.16. The van der Waals surface area contributed by atoms with Gasteiger partial charge in [0.1, 0.15) is 0 Å². The van der Waals surface area contributed by atoms with Crippen LogP contribution in [0.3, 0.4) is 0 Å². The monoisotopic (exact) mass is 417 g/mol. The Hall–Kier alpha value is -0.920. The Kier molecular flexibility index (Phi) is 5.78. The van der Waals surface area contributed by atoms with Gasteiger partial charge < -0.3 is 10.6 Å². The number of benzene rings is 1. The third-order valence-electron chi connectivity index (χ3n) is 3.41. The van der Waals surface area contributed by atoms with Gasteiger partial charge in [0.2, 0.25) is 5.91 Å². The quantitative estimate of drug-likeness (QED) is 0.814. The van der Waals surface area contributed by atoms with Crippen molar-refractivity contribution in [2.75, 3.05) is 32.7 Å². The molecule has 21 heavy (non-hydrogen) atoms. The van der Waals surface area contributed by atoms with Crippen LogP contribution < -0.4 is 5.73 Å². The highest BCUT2D eigenvalue weighted by atomic mass is 79.9. The number of hydrogen-bond acceptors (Lipinski definition) is 3. The highest BCUT2D eigenvalue weighted by molar-refractivity contribution is 9.11. The summed E-state index contributed by atoms with van der Waals surface area (Å²) in [7, 11) is 0. The summed E-state index contributed by atoms with van der Waals surface area (Å²) in [6.07, 6.45) is 0.838. The minimum absolute atomic E-state index is 0.00380. The summed E-state index contributed by atoms with van der Waals surface area (Å²) in [5.74, 6) is -0.325. The molecule has 1 fully saturated rings. The van der Waals surface area contributed by atoms with Crippen molar-refractivity contribution in [3.05, 3.63) is 32.7 Å². The van der Waals surface area contributed by atoms with E-state index in [-0.39, 0.29) is 18.4 Å². The number of primary amides is 1. The fourth-order valence-electron chi connectivity index (χ4n) is 2.38. The molecule has 1 aliphatic rings. The Bertz CT molecular complexity index is 551. The number of nitrogens with two attached hydrogens (primary N) is 1. The zero-order chi connectivity index (χ0) is 15.4. The average Bonchev–Trinajstić information content (AvgIpc) is 2.66. The summed E-state index contributed by atoms with van der Waals surface area (Å²) in [6.45, 7) is 2.99. The molecule has 2 N–H and O–H groups in total. The Morgan fingerprint density at radius 2 is 1.90 bits per heavy atom. The molecule has 7 heteroatoms. The summed E-state index contributed by atoms with van der Waals surface area (Å²) >= 11 is 6.81. The SMILES string of the molecule is NC(=O)CN1CCCN(C(=O)c2cc(Br)ccc2Br)CC1. The minimum atomic E-state index is -0.329. The smallest absolute Gasteiger partial charge is 0.255 e. The molecule has 0 saturated carbocycles. The van der Waals surface area contributed by atoms with Crippen molar-refractivity contribution in [3.8, 4) is 0 Å². The van der Waals surface area contributed by atoms with E-state index in [1.807, 2.05) is 28.0 Å². The van der Waals surface area contributed by atoms with Crippen LogP contribution in [-0.2, 0) is 4.79 Å². The van der Waals surface area contributed by atoms with Gasteiger partial charge >= 0.3 is 0 Å². The van der Waals surface area contributed by atoms with Crippen LogP contribution in [0.1, 0.15) is 16.8 Å². The normalized spacial score (nSPS) is 16.6. The van der Waals surface area contributed by atoms with Crippen molar-refractivity contribution in [2.24, 2.45) is 5.73 Å². The van der Waals surface area contributed by atoms with Crippen molar-refractivity contribution >= 4 is 43.7 Å². The van der Waals surface area contributed by atoms with E-state index in [4.69, 9.17) is 5.73 Å². The van der Waals surface area contributed by atoms with Crippen LogP contribution in [0.25, 0.3) is 0 Å². The standard InChI is InChI=1S/C14H17Br2N3O2/c15-10-2-3-12(16)11(8-10)14(21)19-5-1-4-18(6-7-19)9-13(17)20/h2-3,8H,1,4-7,9H2,(H2,17,20). The van der Waals surface area contributed by atoms with Crippen LogP contribution in [0, 0.1) is 0 Å². The molecule has 0 radical (unpaired) electrons. The lowest BCUT2D eigenvalue weighted by atomic mass is 10.2.